The van der Waals surface area contributed by atoms with Gasteiger partial charge in [0.1, 0.15) is 12.6 Å². The molecular formula is C10H9N3O4. The second kappa shape index (κ2) is 4.60. The summed E-state index contributed by atoms with van der Waals surface area (Å²) in [6.45, 7) is -0.196. The lowest BCUT2D eigenvalue weighted by molar-refractivity contribution is -0.120. The Morgan fingerprint density at radius 1 is 1.35 bits per heavy atom. The van der Waals surface area contributed by atoms with Crippen LogP contribution in [0.3, 0.4) is 0 Å². The molecule has 1 aromatic heterocycles. The summed E-state index contributed by atoms with van der Waals surface area (Å²) in [6, 6.07) is 1.58. The van der Waals surface area contributed by atoms with E-state index in [1.807, 2.05) is 5.32 Å². The molecule has 2 N–H and O–H groups in total. The fourth-order valence-corrected chi connectivity index (χ4v) is 1.31. The van der Waals surface area contributed by atoms with Gasteiger partial charge in [0.2, 0.25) is 0 Å². The van der Waals surface area contributed by atoms with E-state index in [9.17, 15) is 14.4 Å². The summed E-state index contributed by atoms with van der Waals surface area (Å²) in [5, 5.41) is 4.36. The first-order valence-electron chi connectivity index (χ1n) is 4.85. The molecule has 0 aromatic carbocycles. The van der Waals surface area contributed by atoms with Crippen LogP contribution in [0.25, 0.3) is 0 Å². The predicted molar refractivity (Wildman–Crippen MR) is 55.0 cm³/mol. The molecule has 7 heteroatoms. The lowest BCUT2D eigenvalue weighted by Crippen LogP contribution is -2.34. The van der Waals surface area contributed by atoms with Crippen molar-refractivity contribution in [1.29, 1.82) is 0 Å². The molecule has 2 rings (SSSR count). The molecule has 3 amide bonds. The molecule has 1 aromatic rings. The van der Waals surface area contributed by atoms with Gasteiger partial charge in [0.25, 0.3) is 5.91 Å². The molecular weight excluding hydrogens is 226 g/mol. The summed E-state index contributed by atoms with van der Waals surface area (Å²) in [7, 11) is 0. The van der Waals surface area contributed by atoms with E-state index < -0.39 is 23.9 Å². The first kappa shape index (κ1) is 11.1. The number of ether oxygens (including phenoxy) is 1. The Labute approximate surface area is 96.2 Å². The Balaban J connectivity index is 1.89. The highest BCUT2D eigenvalue weighted by atomic mass is 16.5. The molecule has 0 aliphatic carbocycles. The summed E-state index contributed by atoms with van der Waals surface area (Å²) < 4.78 is 4.89. The Morgan fingerprint density at radius 2 is 2.06 bits per heavy atom. The summed E-state index contributed by atoms with van der Waals surface area (Å²) in [5.74, 6) is -1.07. The maximum Gasteiger partial charge on any atom is 0.338 e. The lowest BCUT2D eigenvalue weighted by Gasteiger charge is -2.08. The van der Waals surface area contributed by atoms with Gasteiger partial charge in [-0.1, -0.05) is 0 Å². The van der Waals surface area contributed by atoms with E-state index in [1.165, 1.54) is 24.5 Å². The molecule has 0 bridgehead atoms. The van der Waals surface area contributed by atoms with Crippen molar-refractivity contribution >= 4 is 17.9 Å². The molecule has 0 saturated carbocycles. The van der Waals surface area contributed by atoms with Crippen molar-refractivity contribution in [1.82, 2.24) is 15.6 Å². The van der Waals surface area contributed by atoms with Crippen molar-refractivity contribution in [3.63, 3.8) is 0 Å². The molecule has 1 saturated heterocycles. The van der Waals surface area contributed by atoms with Gasteiger partial charge in [0, 0.05) is 12.4 Å². The minimum atomic E-state index is -0.826. The zero-order valence-electron chi connectivity index (χ0n) is 8.67. The quantitative estimate of drug-likeness (QED) is 0.541. The normalized spacial score (nSPS) is 18.5. The Hall–Kier alpha value is -2.44. The summed E-state index contributed by atoms with van der Waals surface area (Å²) >= 11 is 0. The van der Waals surface area contributed by atoms with Crippen molar-refractivity contribution in [3.8, 4) is 0 Å². The molecule has 7 nitrogen and oxygen atoms in total. The van der Waals surface area contributed by atoms with Crippen LogP contribution in [0.1, 0.15) is 10.4 Å². The molecule has 17 heavy (non-hydrogen) atoms. The van der Waals surface area contributed by atoms with Crippen molar-refractivity contribution in [3.05, 3.63) is 30.1 Å². The smallest absolute Gasteiger partial charge is 0.338 e. The molecule has 0 radical (unpaired) electrons. The largest absolute Gasteiger partial charge is 0.459 e. The first-order chi connectivity index (χ1) is 8.16. The van der Waals surface area contributed by atoms with Crippen LogP contribution in [-0.4, -0.2) is 35.5 Å². The van der Waals surface area contributed by atoms with E-state index in [0.717, 1.165) is 0 Å². The van der Waals surface area contributed by atoms with Gasteiger partial charge in [0.05, 0.1) is 5.56 Å². The minimum Gasteiger partial charge on any atom is -0.459 e. The molecule has 1 aliphatic rings. The van der Waals surface area contributed by atoms with Crippen LogP contribution in [0.5, 0.6) is 0 Å². The second-order valence-electron chi connectivity index (χ2n) is 3.35. The van der Waals surface area contributed by atoms with Crippen LogP contribution in [-0.2, 0) is 9.53 Å². The number of hydrogen-bond acceptors (Lipinski definition) is 5. The summed E-state index contributed by atoms with van der Waals surface area (Å²) in [6.07, 6.45) is 2.92. The van der Waals surface area contributed by atoms with Gasteiger partial charge in [-0.05, 0) is 12.1 Å². The molecule has 1 unspecified atom stereocenters. The van der Waals surface area contributed by atoms with Gasteiger partial charge >= 0.3 is 12.0 Å². The van der Waals surface area contributed by atoms with Crippen LogP contribution in [0.15, 0.2) is 24.5 Å². The van der Waals surface area contributed by atoms with E-state index in [4.69, 9.17) is 4.74 Å². The number of carbonyl (C=O) groups excluding carboxylic acids is 3. The van der Waals surface area contributed by atoms with Crippen LogP contribution in [0.4, 0.5) is 4.79 Å². The van der Waals surface area contributed by atoms with Gasteiger partial charge in [-0.15, -0.1) is 0 Å². The third-order valence-electron chi connectivity index (χ3n) is 2.16. The topological polar surface area (TPSA) is 97.4 Å². The van der Waals surface area contributed by atoms with Gasteiger partial charge < -0.3 is 10.1 Å². The monoisotopic (exact) mass is 235 g/mol. The number of pyridine rings is 1. The Kier molecular flexibility index (Phi) is 2.99. The van der Waals surface area contributed by atoms with Gasteiger partial charge in [-0.2, -0.15) is 0 Å². The van der Waals surface area contributed by atoms with E-state index in [0.29, 0.717) is 5.56 Å². The average molecular weight is 235 g/mol. The lowest BCUT2D eigenvalue weighted by atomic mass is 10.3. The van der Waals surface area contributed by atoms with Crippen molar-refractivity contribution in [2.75, 3.05) is 6.61 Å². The minimum absolute atomic E-state index is 0.196. The van der Waals surface area contributed by atoms with Crippen molar-refractivity contribution in [2.45, 2.75) is 6.04 Å². The Morgan fingerprint density at radius 3 is 2.65 bits per heavy atom. The number of imide groups is 1. The van der Waals surface area contributed by atoms with Crippen LogP contribution >= 0.6 is 0 Å². The number of nitrogens with one attached hydrogen (secondary N) is 2. The van der Waals surface area contributed by atoms with E-state index in [2.05, 4.69) is 10.3 Å². The number of esters is 1. The third kappa shape index (κ3) is 2.57. The number of amides is 3. The van der Waals surface area contributed by atoms with Crippen LogP contribution in [0, 0.1) is 0 Å². The fourth-order valence-electron chi connectivity index (χ4n) is 1.31. The van der Waals surface area contributed by atoms with E-state index in [-0.39, 0.29) is 6.61 Å². The van der Waals surface area contributed by atoms with Gasteiger partial charge in [-0.25, -0.2) is 9.59 Å². The average Bonchev–Trinajstić information content (AvgIpc) is 2.66. The SMILES string of the molecule is O=C1NC(=O)C(COC(=O)c2ccncc2)N1. The highest BCUT2D eigenvalue weighted by Crippen LogP contribution is 2.01. The number of nitrogens with zero attached hydrogens (tertiary/aromatic N) is 1. The molecule has 1 fully saturated rings. The molecule has 1 atom stereocenters. The van der Waals surface area contributed by atoms with Gasteiger partial charge in [0.15, 0.2) is 0 Å². The molecule has 1 aliphatic heterocycles. The fraction of sp³-hybridized carbons (Fsp3) is 0.200. The maximum absolute atomic E-state index is 11.5. The number of carbonyl (C=O) groups is 3. The van der Waals surface area contributed by atoms with Crippen molar-refractivity contribution in [2.24, 2.45) is 0 Å². The summed E-state index contributed by atoms with van der Waals surface area (Å²) in [4.78, 5) is 37.2. The zero-order valence-corrected chi connectivity index (χ0v) is 8.67. The van der Waals surface area contributed by atoms with Crippen LogP contribution in [0.2, 0.25) is 0 Å². The molecule has 2 heterocycles. The van der Waals surface area contributed by atoms with Crippen LogP contribution < -0.4 is 10.6 Å². The first-order valence-corrected chi connectivity index (χ1v) is 4.85. The van der Waals surface area contributed by atoms with Crippen molar-refractivity contribution < 1.29 is 19.1 Å². The molecule has 88 valence electrons. The standard InChI is InChI=1S/C10H9N3O4/c14-8-7(12-10(16)13-8)5-17-9(15)6-1-3-11-4-2-6/h1-4,7H,5H2,(H2,12,13,14,16). The highest BCUT2D eigenvalue weighted by molar-refractivity contribution is 6.04. The van der Waals surface area contributed by atoms with Gasteiger partial charge in [-0.3, -0.25) is 15.1 Å². The third-order valence-corrected chi connectivity index (χ3v) is 2.16. The van der Waals surface area contributed by atoms with E-state index >= 15 is 0 Å². The summed E-state index contributed by atoms with van der Waals surface area (Å²) in [5.41, 5.74) is 0.338. The predicted octanol–water partition coefficient (Wildman–Crippen LogP) is -0.554. The molecule has 0 spiro atoms. The maximum atomic E-state index is 11.5. The zero-order chi connectivity index (χ0) is 12.3. The number of hydrogen-bond donors (Lipinski definition) is 2. The second-order valence-corrected chi connectivity index (χ2v) is 3.35. The highest BCUT2D eigenvalue weighted by Gasteiger charge is 2.30. The number of rotatable bonds is 3. The number of aromatic nitrogens is 1. The Bertz CT molecular complexity index is 460. The number of urea groups is 1. The van der Waals surface area contributed by atoms with E-state index in [1.54, 1.807) is 0 Å².